The van der Waals surface area contributed by atoms with Gasteiger partial charge in [-0.25, -0.2) is 13.2 Å². The Hall–Kier alpha value is -1.60. The van der Waals surface area contributed by atoms with E-state index >= 15 is 0 Å². The molecule has 0 aromatic heterocycles. The smallest absolute Gasteiger partial charge is 0.238 e. The summed E-state index contributed by atoms with van der Waals surface area (Å²) in [5, 5.41) is 5.35. The molecular weight excluding hydrogens is 271 g/mol. The van der Waals surface area contributed by atoms with Gasteiger partial charge in [-0.3, -0.25) is 9.69 Å². The van der Waals surface area contributed by atoms with Crippen molar-refractivity contribution in [3.63, 3.8) is 0 Å². The second-order valence-electron chi connectivity index (χ2n) is 4.67. The molecule has 0 radical (unpaired) electrons. The molecule has 1 amide bonds. The highest BCUT2D eigenvalue weighted by Crippen LogP contribution is 2.20. The van der Waals surface area contributed by atoms with Gasteiger partial charge in [0.15, 0.2) is 11.6 Å². The molecule has 1 aromatic rings. The van der Waals surface area contributed by atoms with Crippen LogP contribution in [0, 0.1) is 17.5 Å². The van der Waals surface area contributed by atoms with Gasteiger partial charge in [-0.15, -0.1) is 0 Å². The van der Waals surface area contributed by atoms with E-state index in [2.05, 4.69) is 10.6 Å². The Labute approximate surface area is 114 Å². The van der Waals surface area contributed by atoms with Crippen LogP contribution in [0.25, 0.3) is 0 Å². The predicted molar refractivity (Wildman–Crippen MR) is 68.9 cm³/mol. The van der Waals surface area contributed by atoms with Crippen LogP contribution in [-0.4, -0.2) is 43.5 Å². The van der Waals surface area contributed by atoms with Crippen LogP contribution in [0.1, 0.15) is 6.42 Å². The monoisotopic (exact) mass is 287 g/mol. The molecule has 110 valence electrons. The topological polar surface area (TPSA) is 44.4 Å². The number of benzene rings is 1. The number of hydrogen-bond acceptors (Lipinski definition) is 3. The van der Waals surface area contributed by atoms with Crippen molar-refractivity contribution < 1.29 is 18.0 Å². The van der Waals surface area contributed by atoms with Gasteiger partial charge in [-0.2, -0.15) is 0 Å². The Morgan fingerprint density at radius 3 is 2.60 bits per heavy atom. The second-order valence-corrected chi connectivity index (χ2v) is 4.67. The summed E-state index contributed by atoms with van der Waals surface area (Å²) in [5.74, 6) is -3.77. The minimum Gasteiger partial charge on any atom is -0.320 e. The van der Waals surface area contributed by atoms with E-state index in [0.717, 1.165) is 26.1 Å². The van der Waals surface area contributed by atoms with Crippen LogP contribution in [0.3, 0.4) is 0 Å². The van der Waals surface area contributed by atoms with Crippen LogP contribution < -0.4 is 10.6 Å². The number of nitrogens with zero attached hydrogens (tertiary/aromatic N) is 1. The van der Waals surface area contributed by atoms with Crippen LogP contribution in [0.4, 0.5) is 18.9 Å². The maximum atomic E-state index is 13.4. The molecule has 0 atom stereocenters. The summed E-state index contributed by atoms with van der Waals surface area (Å²) in [4.78, 5) is 13.7. The molecule has 0 aliphatic carbocycles. The number of nitrogens with one attached hydrogen (secondary N) is 2. The number of halogens is 3. The lowest BCUT2D eigenvalue weighted by Gasteiger charge is -2.18. The average Bonchev–Trinajstić information content (AvgIpc) is 2.62. The minimum absolute atomic E-state index is 0.0535. The zero-order valence-corrected chi connectivity index (χ0v) is 10.9. The van der Waals surface area contributed by atoms with E-state index in [-0.39, 0.29) is 6.54 Å². The molecule has 2 rings (SSSR count). The number of rotatable bonds is 3. The highest BCUT2D eigenvalue weighted by atomic mass is 19.1. The van der Waals surface area contributed by atoms with Gasteiger partial charge >= 0.3 is 0 Å². The van der Waals surface area contributed by atoms with Crippen molar-refractivity contribution in [1.29, 1.82) is 0 Å². The lowest BCUT2D eigenvalue weighted by atomic mass is 10.2. The van der Waals surface area contributed by atoms with Crippen molar-refractivity contribution in [3.8, 4) is 0 Å². The first-order valence-corrected chi connectivity index (χ1v) is 6.44. The van der Waals surface area contributed by atoms with E-state index in [0.29, 0.717) is 18.7 Å². The lowest BCUT2D eigenvalue weighted by molar-refractivity contribution is -0.117. The van der Waals surface area contributed by atoms with Crippen molar-refractivity contribution in [2.45, 2.75) is 6.42 Å². The maximum Gasteiger partial charge on any atom is 0.238 e. The second kappa shape index (κ2) is 6.71. The first-order chi connectivity index (χ1) is 9.56. The SMILES string of the molecule is O=C(CN1CCCNCC1)Nc1c(F)cc(F)cc1F. The van der Waals surface area contributed by atoms with E-state index < -0.39 is 29.0 Å². The van der Waals surface area contributed by atoms with Crippen LogP contribution in [-0.2, 0) is 4.79 Å². The highest BCUT2D eigenvalue weighted by Gasteiger charge is 2.17. The van der Waals surface area contributed by atoms with Crippen LogP contribution >= 0.6 is 0 Å². The first-order valence-electron chi connectivity index (χ1n) is 6.44. The fourth-order valence-electron chi connectivity index (χ4n) is 2.10. The molecule has 1 heterocycles. The van der Waals surface area contributed by atoms with Gasteiger partial charge in [0.25, 0.3) is 0 Å². The Bertz CT molecular complexity index is 465. The van der Waals surface area contributed by atoms with Crippen molar-refractivity contribution >= 4 is 11.6 Å². The molecule has 0 spiro atoms. The van der Waals surface area contributed by atoms with Gasteiger partial charge < -0.3 is 10.6 Å². The van der Waals surface area contributed by atoms with Gasteiger partial charge in [-0.1, -0.05) is 0 Å². The first kappa shape index (κ1) is 14.8. The van der Waals surface area contributed by atoms with Crippen molar-refractivity contribution in [2.75, 3.05) is 38.0 Å². The lowest BCUT2D eigenvalue weighted by Crippen LogP contribution is -2.36. The molecule has 1 saturated heterocycles. The summed E-state index contributed by atoms with van der Waals surface area (Å²) in [5.41, 5.74) is -0.607. The summed E-state index contributed by atoms with van der Waals surface area (Å²) < 4.78 is 39.5. The zero-order valence-electron chi connectivity index (χ0n) is 10.9. The van der Waals surface area contributed by atoms with Crippen LogP contribution in [0.15, 0.2) is 12.1 Å². The molecule has 0 saturated carbocycles. The summed E-state index contributed by atoms with van der Waals surface area (Å²) in [6.45, 7) is 3.15. The molecule has 7 heteroatoms. The highest BCUT2D eigenvalue weighted by molar-refractivity contribution is 5.92. The fraction of sp³-hybridized carbons (Fsp3) is 0.462. The Balaban J connectivity index is 1.97. The number of anilines is 1. The van der Waals surface area contributed by atoms with Gasteiger partial charge in [0.1, 0.15) is 11.5 Å². The molecule has 2 N–H and O–H groups in total. The van der Waals surface area contributed by atoms with Crippen molar-refractivity contribution in [3.05, 3.63) is 29.6 Å². The van der Waals surface area contributed by atoms with Gasteiger partial charge in [0.2, 0.25) is 5.91 Å². The summed E-state index contributed by atoms with van der Waals surface area (Å²) in [6.07, 6.45) is 0.909. The molecular formula is C13H16F3N3O. The molecule has 1 aliphatic heterocycles. The average molecular weight is 287 g/mol. The number of hydrogen-bond donors (Lipinski definition) is 2. The third-order valence-electron chi connectivity index (χ3n) is 3.07. The molecule has 0 unspecified atom stereocenters. The molecule has 20 heavy (non-hydrogen) atoms. The molecule has 1 fully saturated rings. The van der Waals surface area contributed by atoms with E-state index in [4.69, 9.17) is 0 Å². The number of amides is 1. The minimum atomic E-state index is -1.12. The third kappa shape index (κ3) is 3.94. The number of carbonyl (C=O) groups excluding carboxylic acids is 1. The normalized spacial score (nSPS) is 16.8. The quantitative estimate of drug-likeness (QED) is 0.882. The fourth-order valence-corrected chi connectivity index (χ4v) is 2.10. The maximum absolute atomic E-state index is 13.4. The standard InChI is InChI=1S/C13H16F3N3O/c14-9-6-10(15)13(11(16)7-9)18-12(20)8-19-4-1-2-17-3-5-19/h6-7,17H,1-5,8H2,(H,18,20). The summed E-state index contributed by atoms with van der Waals surface area (Å²) >= 11 is 0. The van der Waals surface area contributed by atoms with Crippen LogP contribution in [0.2, 0.25) is 0 Å². The largest absolute Gasteiger partial charge is 0.320 e. The third-order valence-corrected chi connectivity index (χ3v) is 3.07. The number of carbonyl (C=O) groups is 1. The Morgan fingerprint density at radius 1 is 1.20 bits per heavy atom. The Kier molecular flexibility index (Phi) is 4.97. The van der Waals surface area contributed by atoms with Crippen molar-refractivity contribution in [2.24, 2.45) is 0 Å². The van der Waals surface area contributed by atoms with E-state index in [1.165, 1.54) is 0 Å². The molecule has 4 nitrogen and oxygen atoms in total. The zero-order chi connectivity index (χ0) is 14.5. The molecule has 0 bridgehead atoms. The van der Waals surface area contributed by atoms with E-state index in [1.54, 1.807) is 0 Å². The van der Waals surface area contributed by atoms with Gasteiger partial charge in [0.05, 0.1) is 6.54 Å². The van der Waals surface area contributed by atoms with Crippen LogP contribution in [0.5, 0.6) is 0 Å². The van der Waals surface area contributed by atoms with Crippen molar-refractivity contribution in [1.82, 2.24) is 10.2 Å². The summed E-state index contributed by atoms with van der Waals surface area (Å²) in [6, 6.07) is 1.07. The Morgan fingerprint density at radius 2 is 1.90 bits per heavy atom. The van der Waals surface area contributed by atoms with E-state index in [1.807, 2.05) is 4.90 Å². The molecule has 1 aromatic carbocycles. The molecule has 1 aliphatic rings. The van der Waals surface area contributed by atoms with Gasteiger partial charge in [0, 0.05) is 25.2 Å². The van der Waals surface area contributed by atoms with E-state index in [9.17, 15) is 18.0 Å². The summed E-state index contributed by atoms with van der Waals surface area (Å²) in [7, 11) is 0. The van der Waals surface area contributed by atoms with Gasteiger partial charge in [-0.05, 0) is 19.5 Å². The predicted octanol–water partition coefficient (Wildman–Crippen LogP) is 1.34.